The SMILES string of the molecule is CCn1cc(-c2cc(N)c3nnc(NC(=O)[C@H]4C[C@H]4F)cc3c2)cn1. The molecular weight excluding hydrogens is 323 g/mol. The van der Waals surface area contributed by atoms with E-state index in [1.807, 2.05) is 29.9 Å². The average Bonchev–Trinajstić information content (AvgIpc) is 3.14. The van der Waals surface area contributed by atoms with Gasteiger partial charge < -0.3 is 11.1 Å². The average molecular weight is 340 g/mol. The number of benzene rings is 1. The van der Waals surface area contributed by atoms with Gasteiger partial charge in [0.15, 0.2) is 5.82 Å². The molecular formula is C17H17FN6O. The minimum absolute atomic E-state index is 0.269. The highest BCUT2D eigenvalue weighted by atomic mass is 19.1. The number of aromatic nitrogens is 4. The first-order valence-electron chi connectivity index (χ1n) is 8.10. The van der Waals surface area contributed by atoms with Gasteiger partial charge in [-0.2, -0.15) is 5.10 Å². The molecule has 1 fully saturated rings. The molecule has 25 heavy (non-hydrogen) atoms. The standard InChI is InChI=1S/C17H17FN6O/c1-2-24-8-11(7-20-24)9-3-10-5-15(21-17(25)12-6-13(12)18)22-23-16(10)14(19)4-9/h3-5,7-8,12-13H,2,6,19H2,1H3,(H,21,22,25)/t12-,13+/m0/s1. The largest absolute Gasteiger partial charge is 0.397 e. The highest BCUT2D eigenvalue weighted by Gasteiger charge is 2.43. The van der Waals surface area contributed by atoms with Gasteiger partial charge in [0.05, 0.1) is 17.8 Å². The monoisotopic (exact) mass is 340 g/mol. The van der Waals surface area contributed by atoms with E-state index in [4.69, 9.17) is 5.73 Å². The highest BCUT2D eigenvalue weighted by Crippen LogP contribution is 2.35. The summed E-state index contributed by atoms with van der Waals surface area (Å²) in [7, 11) is 0. The number of nitrogens with one attached hydrogen (secondary N) is 1. The molecule has 128 valence electrons. The van der Waals surface area contributed by atoms with Crippen LogP contribution in [0.25, 0.3) is 22.0 Å². The van der Waals surface area contributed by atoms with Gasteiger partial charge in [-0.25, -0.2) is 4.39 Å². The van der Waals surface area contributed by atoms with Crippen molar-refractivity contribution in [3.05, 3.63) is 30.6 Å². The van der Waals surface area contributed by atoms with Crippen LogP contribution in [0.4, 0.5) is 15.9 Å². The van der Waals surface area contributed by atoms with E-state index >= 15 is 0 Å². The van der Waals surface area contributed by atoms with Crippen LogP contribution in [0, 0.1) is 5.92 Å². The minimum Gasteiger partial charge on any atom is -0.397 e. The van der Waals surface area contributed by atoms with Crippen molar-refractivity contribution >= 4 is 28.3 Å². The number of alkyl halides is 1. The van der Waals surface area contributed by atoms with Crippen molar-refractivity contribution in [3.8, 4) is 11.1 Å². The van der Waals surface area contributed by atoms with Crippen molar-refractivity contribution in [1.82, 2.24) is 20.0 Å². The molecule has 2 heterocycles. The molecule has 4 rings (SSSR count). The number of hydrogen-bond donors (Lipinski definition) is 2. The smallest absolute Gasteiger partial charge is 0.231 e. The summed E-state index contributed by atoms with van der Waals surface area (Å²) < 4.78 is 14.8. The van der Waals surface area contributed by atoms with E-state index in [-0.39, 0.29) is 18.1 Å². The van der Waals surface area contributed by atoms with Crippen molar-refractivity contribution in [3.63, 3.8) is 0 Å². The second-order valence-corrected chi connectivity index (χ2v) is 6.17. The van der Waals surface area contributed by atoms with Crippen LogP contribution in [0.5, 0.6) is 0 Å². The molecule has 0 radical (unpaired) electrons. The van der Waals surface area contributed by atoms with Crippen LogP contribution in [-0.4, -0.2) is 32.1 Å². The number of aryl methyl sites for hydroxylation is 1. The van der Waals surface area contributed by atoms with Crippen LogP contribution in [-0.2, 0) is 11.3 Å². The number of amides is 1. The summed E-state index contributed by atoms with van der Waals surface area (Å²) in [6.07, 6.45) is 2.93. The van der Waals surface area contributed by atoms with E-state index in [1.54, 1.807) is 12.3 Å². The highest BCUT2D eigenvalue weighted by molar-refractivity contribution is 5.98. The number of carbonyl (C=O) groups is 1. The van der Waals surface area contributed by atoms with Crippen molar-refractivity contribution in [1.29, 1.82) is 0 Å². The molecule has 1 aromatic carbocycles. The Morgan fingerprint density at radius 3 is 2.84 bits per heavy atom. The van der Waals surface area contributed by atoms with Crippen LogP contribution in [0.15, 0.2) is 30.6 Å². The van der Waals surface area contributed by atoms with Crippen molar-refractivity contribution in [2.24, 2.45) is 5.92 Å². The van der Waals surface area contributed by atoms with Gasteiger partial charge in [-0.05, 0) is 37.1 Å². The Morgan fingerprint density at radius 1 is 1.36 bits per heavy atom. The molecule has 1 aliphatic carbocycles. The summed E-state index contributed by atoms with van der Waals surface area (Å²) in [6.45, 7) is 2.79. The van der Waals surface area contributed by atoms with Gasteiger partial charge in [0.25, 0.3) is 0 Å². The quantitative estimate of drug-likeness (QED) is 0.711. The van der Waals surface area contributed by atoms with Crippen LogP contribution in [0.3, 0.4) is 0 Å². The van der Waals surface area contributed by atoms with Crippen LogP contribution >= 0.6 is 0 Å². The van der Waals surface area contributed by atoms with Gasteiger partial charge in [-0.3, -0.25) is 9.48 Å². The second-order valence-electron chi connectivity index (χ2n) is 6.17. The topological polar surface area (TPSA) is 98.7 Å². The molecule has 1 aliphatic rings. The lowest BCUT2D eigenvalue weighted by Crippen LogP contribution is -2.16. The number of nitrogen functional groups attached to an aromatic ring is 1. The van der Waals surface area contributed by atoms with Gasteiger partial charge in [0.2, 0.25) is 5.91 Å². The van der Waals surface area contributed by atoms with E-state index in [0.717, 1.165) is 23.1 Å². The molecule has 1 saturated carbocycles. The zero-order valence-corrected chi connectivity index (χ0v) is 13.6. The first-order valence-corrected chi connectivity index (χ1v) is 8.10. The summed E-state index contributed by atoms with van der Waals surface area (Å²) in [5.41, 5.74) is 8.99. The van der Waals surface area contributed by atoms with E-state index in [9.17, 15) is 9.18 Å². The molecule has 1 amide bonds. The Bertz CT molecular complexity index is 969. The minimum atomic E-state index is -1.05. The van der Waals surface area contributed by atoms with Gasteiger partial charge >= 0.3 is 0 Å². The Labute approximate surface area is 143 Å². The first-order chi connectivity index (χ1) is 12.0. The molecule has 0 bridgehead atoms. The van der Waals surface area contributed by atoms with Crippen LogP contribution in [0.1, 0.15) is 13.3 Å². The van der Waals surface area contributed by atoms with Gasteiger partial charge in [-0.15, -0.1) is 10.2 Å². The molecule has 2 atom stereocenters. The number of anilines is 2. The van der Waals surface area contributed by atoms with E-state index in [1.165, 1.54) is 0 Å². The maximum atomic E-state index is 13.0. The van der Waals surface area contributed by atoms with Crippen molar-refractivity contribution in [2.75, 3.05) is 11.1 Å². The first kappa shape index (κ1) is 15.5. The molecule has 8 heteroatoms. The summed E-state index contributed by atoms with van der Waals surface area (Å²) >= 11 is 0. The Kier molecular flexibility index (Phi) is 3.60. The number of hydrogen-bond acceptors (Lipinski definition) is 5. The van der Waals surface area contributed by atoms with Crippen LogP contribution < -0.4 is 11.1 Å². The third-order valence-electron chi connectivity index (χ3n) is 4.31. The molecule has 7 nitrogen and oxygen atoms in total. The fourth-order valence-corrected chi connectivity index (χ4v) is 2.75. The number of carbonyl (C=O) groups excluding carboxylic acids is 1. The Hall–Kier alpha value is -3.03. The summed E-state index contributed by atoms with van der Waals surface area (Å²) in [5, 5.41) is 15.7. The van der Waals surface area contributed by atoms with Crippen LogP contribution in [0.2, 0.25) is 0 Å². The predicted octanol–water partition coefficient (Wildman–Crippen LogP) is 2.39. The third-order valence-corrected chi connectivity index (χ3v) is 4.31. The molecule has 3 N–H and O–H groups in total. The predicted molar refractivity (Wildman–Crippen MR) is 92.5 cm³/mol. The van der Waals surface area contributed by atoms with E-state index in [0.29, 0.717) is 11.2 Å². The summed E-state index contributed by atoms with van der Waals surface area (Å²) in [4.78, 5) is 11.9. The third kappa shape index (κ3) is 2.90. The maximum absolute atomic E-state index is 13.0. The summed E-state index contributed by atoms with van der Waals surface area (Å²) in [5.74, 6) is -0.652. The fraction of sp³-hybridized carbons (Fsp3) is 0.294. The number of rotatable bonds is 4. The van der Waals surface area contributed by atoms with Gasteiger partial charge in [0, 0.05) is 23.7 Å². The fourth-order valence-electron chi connectivity index (χ4n) is 2.75. The Morgan fingerprint density at radius 2 is 2.16 bits per heavy atom. The zero-order chi connectivity index (χ0) is 17.6. The van der Waals surface area contributed by atoms with E-state index in [2.05, 4.69) is 20.6 Å². The maximum Gasteiger partial charge on any atom is 0.231 e. The molecule has 0 spiro atoms. The lowest BCUT2D eigenvalue weighted by Gasteiger charge is -2.07. The number of nitrogens with two attached hydrogens (primary N) is 1. The van der Waals surface area contributed by atoms with Crippen molar-refractivity contribution < 1.29 is 9.18 Å². The zero-order valence-electron chi connectivity index (χ0n) is 13.6. The lowest BCUT2D eigenvalue weighted by atomic mass is 10.1. The number of fused-ring (bicyclic) bond motifs is 1. The Balaban J connectivity index is 1.69. The summed E-state index contributed by atoms with van der Waals surface area (Å²) in [6, 6.07) is 5.44. The molecule has 0 aliphatic heterocycles. The molecule has 0 unspecified atom stereocenters. The second kappa shape index (κ2) is 5.80. The number of nitrogens with zero attached hydrogens (tertiary/aromatic N) is 4. The molecule has 3 aromatic rings. The molecule has 2 aromatic heterocycles. The van der Waals surface area contributed by atoms with Gasteiger partial charge in [-0.1, -0.05) is 0 Å². The lowest BCUT2D eigenvalue weighted by molar-refractivity contribution is -0.117. The normalized spacial score (nSPS) is 19.1. The van der Waals surface area contributed by atoms with E-state index < -0.39 is 12.1 Å². The number of halogens is 1. The van der Waals surface area contributed by atoms with Gasteiger partial charge in [0.1, 0.15) is 11.7 Å². The van der Waals surface area contributed by atoms with Crippen molar-refractivity contribution in [2.45, 2.75) is 26.1 Å². The molecule has 0 saturated heterocycles.